The number of anilines is 2. The summed E-state index contributed by atoms with van der Waals surface area (Å²) in [4.78, 5) is 25.2. The average Bonchev–Trinajstić information content (AvgIpc) is 3.78. The third kappa shape index (κ3) is 5.14. The summed E-state index contributed by atoms with van der Waals surface area (Å²) in [6.07, 6.45) is 7.86. The summed E-state index contributed by atoms with van der Waals surface area (Å²) in [5.74, 6) is 3.60. The molecule has 0 spiro atoms. The Kier molecular flexibility index (Phi) is 7.72. The van der Waals surface area contributed by atoms with E-state index in [4.69, 9.17) is 9.47 Å². The van der Waals surface area contributed by atoms with Crippen molar-refractivity contribution in [2.24, 2.45) is 11.8 Å². The second kappa shape index (κ2) is 12.2. The molecule has 9 nitrogen and oxygen atoms in total. The maximum Gasteiger partial charge on any atom is 0.249 e. The van der Waals surface area contributed by atoms with Gasteiger partial charge in [0.15, 0.2) is 5.82 Å². The fraction of sp³-hybridized carbons (Fsp3) is 0.459. The molecule has 7 heterocycles. The number of ether oxygens (including phenoxy) is 2. The lowest BCUT2D eigenvalue weighted by atomic mass is 9.72. The van der Waals surface area contributed by atoms with Crippen LogP contribution in [0.25, 0.3) is 10.9 Å². The number of nitrogens with zero attached hydrogens (tertiary/aromatic N) is 6. The van der Waals surface area contributed by atoms with Gasteiger partial charge in [-0.2, -0.15) is 0 Å². The van der Waals surface area contributed by atoms with Crippen LogP contribution in [0.4, 0.5) is 11.5 Å². The van der Waals surface area contributed by atoms with Gasteiger partial charge in [0.05, 0.1) is 18.7 Å². The Morgan fingerprint density at radius 1 is 1.02 bits per heavy atom. The van der Waals surface area contributed by atoms with Gasteiger partial charge < -0.3 is 19.3 Å². The predicted octanol–water partition coefficient (Wildman–Crippen LogP) is 5.83. The lowest BCUT2D eigenvalue weighted by molar-refractivity contribution is -0.119. The molecule has 46 heavy (non-hydrogen) atoms. The molecule has 2 aromatic carbocycles. The molecule has 0 N–H and O–H groups in total. The van der Waals surface area contributed by atoms with Crippen LogP contribution in [0.2, 0.25) is 0 Å². The first kappa shape index (κ1) is 29.2. The molecule has 1 amide bonds. The van der Waals surface area contributed by atoms with Crippen molar-refractivity contribution in [1.82, 2.24) is 20.1 Å². The Labute approximate surface area is 270 Å². The monoisotopic (exact) mass is 618 g/mol. The van der Waals surface area contributed by atoms with Crippen molar-refractivity contribution in [1.29, 1.82) is 0 Å². The quantitative estimate of drug-likeness (QED) is 0.244. The minimum atomic E-state index is -0.241. The molecule has 1 unspecified atom stereocenters. The van der Waals surface area contributed by atoms with E-state index < -0.39 is 0 Å². The number of benzene rings is 2. The molecule has 4 aromatic rings. The zero-order valence-electron chi connectivity index (χ0n) is 26.7. The van der Waals surface area contributed by atoms with Gasteiger partial charge in [0.1, 0.15) is 17.9 Å². The number of aromatic nitrogens is 3. The zero-order chi connectivity index (χ0) is 31.2. The molecule has 4 fully saturated rings. The molecule has 6 atom stereocenters. The van der Waals surface area contributed by atoms with E-state index in [-0.39, 0.29) is 24.1 Å². The minimum Gasteiger partial charge on any atom is -0.497 e. The number of carbonyl (C=O) groups excluding carboxylic acids is 1. The van der Waals surface area contributed by atoms with Crippen molar-refractivity contribution in [3.8, 4) is 11.6 Å². The van der Waals surface area contributed by atoms with Gasteiger partial charge in [-0.25, -0.2) is 0 Å². The number of hydrogen-bond acceptors (Lipinski definition) is 8. The molecule has 0 radical (unpaired) electrons. The van der Waals surface area contributed by atoms with Crippen LogP contribution in [-0.2, 0) is 11.2 Å². The highest BCUT2D eigenvalue weighted by Gasteiger charge is 2.44. The molecule has 5 aliphatic rings. The first-order valence-corrected chi connectivity index (χ1v) is 16.9. The van der Waals surface area contributed by atoms with Crippen molar-refractivity contribution < 1.29 is 14.3 Å². The van der Waals surface area contributed by atoms with Gasteiger partial charge >= 0.3 is 0 Å². The summed E-state index contributed by atoms with van der Waals surface area (Å²) in [6.45, 7) is 6.03. The fourth-order valence-electron chi connectivity index (χ4n) is 8.53. The van der Waals surface area contributed by atoms with E-state index in [0.717, 1.165) is 91.5 Å². The molecule has 0 saturated carbocycles. The van der Waals surface area contributed by atoms with Crippen molar-refractivity contribution in [3.05, 3.63) is 78.0 Å². The molecule has 238 valence electrons. The molecule has 9 heteroatoms. The molecule has 0 aliphatic carbocycles. The standard InChI is InChI=1S/C37H42N6O3/c1-3-24-23-41-19-15-26(24)21-33(41)36(28-14-17-38-30-11-10-27(45-2)22-29(28)30)46-35-13-12-34(39-40-35)42-18-6-9-32(42)37(44)43-20-16-25-7-4-5-8-31(25)43/h4-5,7-8,10-14,17,22,24,26,32-33,36H,3,6,9,15-16,18-21,23H2,1-2H3/t24-,26-,32+,33+,36-/m0/s1. The maximum atomic E-state index is 13.8. The van der Waals surface area contributed by atoms with Crippen LogP contribution in [0.15, 0.2) is 66.9 Å². The molecular formula is C37H42N6O3. The third-order valence-electron chi connectivity index (χ3n) is 11.0. The highest BCUT2D eigenvalue weighted by Crippen LogP contribution is 2.44. The van der Waals surface area contributed by atoms with E-state index in [1.807, 2.05) is 47.5 Å². The molecule has 5 aliphatic heterocycles. The smallest absolute Gasteiger partial charge is 0.249 e. The summed E-state index contributed by atoms with van der Waals surface area (Å²) < 4.78 is 12.5. The van der Waals surface area contributed by atoms with Gasteiger partial charge in [-0.15, -0.1) is 10.2 Å². The first-order chi connectivity index (χ1) is 22.6. The van der Waals surface area contributed by atoms with E-state index in [9.17, 15) is 4.79 Å². The number of methoxy groups -OCH3 is 1. The van der Waals surface area contributed by atoms with Crippen molar-refractivity contribution in [3.63, 3.8) is 0 Å². The SMILES string of the molecule is CC[C@H]1CN2CC[C@H]1C[C@@H]2[C@@H](Oc1ccc(N2CCC[C@@H]2C(=O)N2CCc3ccccc32)nn1)c1ccnc2ccc(OC)cc12. The van der Waals surface area contributed by atoms with E-state index in [1.165, 1.54) is 18.4 Å². The Balaban J connectivity index is 1.07. The predicted molar refractivity (Wildman–Crippen MR) is 178 cm³/mol. The summed E-state index contributed by atoms with van der Waals surface area (Å²) in [6, 6.07) is 20.2. The van der Waals surface area contributed by atoms with E-state index in [0.29, 0.717) is 11.8 Å². The van der Waals surface area contributed by atoms with Gasteiger partial charge in [-0.05, 0) is 92.4 Å². The van der Waals surface area contributed by atoms with Crippen molar-refractivity contribution >= 4 is 28.3 Å². The average molecular weight is 619 g/mol. The Bertz CT molecular complexity index is 1730. The highest BCUT2D eigenvalue weighted by atomic mass is 16.5. The number of amides is 1. The van der Waals surface area contributed by atoms with Crippen LogP contribution in [0.3, 0.4) is 0 Å². The lowest BCUT2D eigenvalue weighted by Gasteiger charge is -2.51. The van der Waals surface area contributed by atoms with Crippen LogP contribution < -0.4 is 19.3 Å². The van der Waals surface area contributed by atoms with Crippen LogP contribution in [-0.4, -0.2) is 71.4 Å². The van der Waals surface area contributed by atoms with E-state index >= 15 is 0 Å². The number of rotatable bonds is 8. The van der Waals surface area contributed by atoms with E-state index in [1.54, 1.807) is 7.11 Å². The highest BCUT2D eigenvalue weighted by molar-refractivity contribution is 6.00. The fourth-order valence-corrected chi connectivity index (χ4v) is 8.53. The Morgan fingerprint density at radius 3 is 2.74 bits per heavy atom. The van der Waals surface area contributed by atoms with Crippen molar-refractivity contribution in [2.45, 2.75) is 63.6 Å². The largest absolute Gasteiger partial charge is 0.497 e. The Morgan fingerprint density at radius 2 is 1.93 bits per heavy atom. The number of piperidine rings is 3. The number of hydrogen-bond donors (Lipinski definition) is 0. The van der Waals surface area contributed by atoms with E-state index in [2.05, 4.69) is 56.2 Å². The van der Waals surface area contributed by atoms with Crippen LogP contribution in [0, 0.1) is 11.8 Å². The van der Waals surface area contributed by atoms with Crippen LogP contribution >= 0.6 is 0 Å². The van der Waals surface area contributed by atoms with Gasteiger partial charge in [-0.1, -0.05) is 31.5 Å². The van der Waals surface area contributed by atoms with Crippen LogP contribution in [0.5, 0.6) is 11.6 Å². The summed E-state index contributed by atoms with van der Waals surface area (Å²) >= 11 is 0. The molecule has 4 saturated heterocycles. The maximum absolute atomic E-state index is 13.8. The number of fused-ring (bicyclic) bond motifs is 5. The topological polar surface area (TPSA) is 83.9 Å². The molecule has 2 bridgehead atoms. The number of carbonyl (C=O) groups is 1. The number of para-hydroxylation sites is 1. The van der Waals surface area contributed by atoms with Gasteiger partial charge in [0, 0.05) is 48.5 Å². The van der Waals surface area contributed by atoms with Gasteiger partial charge in [0.2, 0.25) is 11.8 Å². The summed E-state index contributed by atoms with van der Waals surface area (Å²) in [7, 11) is 1.70. The molecule has 9 rings (SSSR count). The first-order valence-electron chi connectivity index (χ1n) is 16.9. The minimum absolute atomic E-state index is 0.149. The lowest BCUT2D eigenvalue weighted by Crippen LogP contribution is -2.56. The molecular weight excluding hydrogens is 576 g/mol. The second-order valence-electron chi connectivity index (χ2n) is 13.3. The summed E-state index contributed by atoms with van der Waals surface area (Å²) in [5, 5.41) is 10.3. The third-order valence-corrected chi connectivity index (χ3v) is 11.0. The summed E-state index contributed by atoms with van der Waals surface area (Å²) in [5.41, 5.74) is 4.29. The number of pyridine rings is 1. The zero-order valence-corrected chi connectivity index (χ0v) is 26.7. The van der Waals surface area contributed by atoms with Gasteiger partial charge in [-0.3, -0.25) is 14.7 Å². The molecule has 2 aromatic heterocycles. The van der Waals surface area contributed by atoms with Gasteiger partial charge in [0.25, 0.3) is 0 Å². The second-order valence-corrected chi connectivity index (χ2v) is 13.3. The Hall–Kier alpha value is -4.24. The van der Waals surface area contributed by atoms with Crippen LogP contribution in [0.1, 0.15) is 56.3 Å². The normalized spacial score (nSPS) is 25.9. The van der Waals surface area contributed by atoms with Crippen molar-refractivity contribution in [2.75, 3.05) is 43.1 Å².